The molecular weight excluding hydrogens is 911 g/mol. The molecule has 0 bridgehead atoms. The van der Waals surface area contributed by atoms with E-state index < -0.39 is 5.41 Å². The predicted molar refractivity (Wildman–Crippen MR) is 309 cm³/mol. The van der Waals surface area contributed by atoms with Crippen LogP contribution in [0.2, 0.25) is 0 Å². The van der Waals surface area contributed by atoms with E-state index in [2.05, 4.69) is 264 Å². The lowest BCUT2D eigenvalue weighted by Gasteiger charge is -2.34. The minimum Gasteiger partial charge on any atom is -0.309 e. The van der Waals surface area contributed by atoms with Crippen molar-refractivity contribution in [2.24, 2.45) is 0 Å². The molecule has 5 nitrogen and oxygen atoms in total. The summed E-state index contributed by atoms with van der Waals surface area (Å²) in [5.41, 5.74) is 14.0. The topological polar surface area (TPSA) is 48.5 Å². The molecule has 0 unspecified atom stereocenters. The molecule has 5 heteroatoms. The minimum absolute atomic E-state index is 0.555. The van der Waals surface area contributed by atoms with Gasteiger partial charge in [-0.3, -0.25) is 4.57 Å². The van der Waals surface area contributed by atoms with Crippen molar-refractivity contribution in [3.05, 3.63) is 283 Å². The van der Waals surface area contributed by atoms with Crippen LogP contribution in [-0.2, 0) is 5.41 Å². The molecule has 0 amide bonds. The molecule has 15 aromatic rings. The van der Waals surface area contributed by atoms with Gasteiger partial charge in [0.15, 0.2) is 11.6 Å². The highest BCUT2D eigenvalue weighted by atomic mass is 15.2. The molecule has 0 N–H and O–H groups in total. The van der Waals surface area contributed by atoms with Gasteiger partial charge in [-0.15, -0.1) is 0 Å². The highest BCUT2D eigenvalue weighted by Crippen LogP contribution is 2.57. The van der Waals surface area contributed by atoms with E-state index in [0.29, 0.717) is 17.6 Å². The van der Waals surface area contributed by atoms with Crippen molar-refractivity contribution < 1.29 is 0 Å². The van der Waals surface area contributed by atoms with Gasteiger partial charge < -0.3 is 4.57 Å². The first-order valence-electron chi connectivity index (χ1n) is 25.7. The van der Waals surface area contributed by atoms with E-state index in [1.165, 1.54) is 65.7 Å². The van der Waals surface area contributed by atoms with Crippen LogP contribution in [0.5, 0.6) is 0 Å². The Balaban J connectivity index is 0.971. The molecule has 348 valence electrons. The van der Waals surface area contributed by atoms with Crippen LogP contribution in [0.15, 0.2) is 261 Å². The molecule has 0 spiro atoms. The van der Waals surface area contributed by atoms with E-state index in [9.17, 15) is 0 Å². The van der Waals surface area contributed by atoms with Gasteiger partial charge in [0.2, 0.25) is 5.95 Å². The molecule has 12 aromatic carbocycles. The molecule has 0 saturated carbocycles. The molecular formula is C70H43N5. The Hall–Kier alpha value is -9.97. The molecule has 16 rings (SSSR count). The van der Waals surface area contributed by atoms with Crippen molar-refractivity contribution in [2.75, 3.05) is 0 Å². The molecule has 0 aliphatic heterocycles. The summed E-state index contributed by atoms with van der Waals surface area (Å²) in [6, 6.07) is 94.6. The van der Waals surface area contributed by atoms with E-state index in [1.54, 1.807) is 0 Å². The third-order valence-electron chi connectivity index (χ3n) is 16.0. The quantitative estimate of drug-likeness (QED) is 0.156. The fraction of sp³-hybridized carbons (Fsp3) is 0.0143. The fourth-order valence-corrected chi connectivity index (χ4v) is 12.9. The lowest BCUT2D eigenvalue weighted by Crippen LogP contribution is -2.28. The summed E-state index contributed by atoms with van der Waals surface area (Å²) in [6.45, 7) is 0. The first-order chi connectivity index (χ1) is 37.2. The molecule has 3 heterocycles. The first kappa shape index (κ1) is 41.6. The maximum absolute atomic E-state index is 5.61. The maximum atomic E-state index is 5.61. The third kappa shape index (κ3) is 5.92. The standard InChI is InChI=1S/C70H43N5/c1-4-20-44(21-5-1)67-71-68(45-36-38-55-54-30-14-17-33-60(54)70(61(55)42-45,46-22-6-2-7-23-46)47-24-8-3-9-25-47)73-69(72-67)75-62-34-18-15-31-56(62)57-40-41-64-65(66(57)75)58-32-16-19-35-63(58)74(64)48-37-39-53-51-28-11-10-26-49(51)50-27-12-13-29-52(50)59(53)43-48/h1-43H. The van der Waals surface area contributed by atoms with Crippen LogP contribution >= 0.6 is 0 Å². The number of para-hydroxylation sites is 2. The summed E-state index contributed by atoms with van der Waals surface area (Å²) < 4.78 is 4.74. The Bertz CT molecular complexity index is 4750. The zero-order valence-electron chi connectivity index (χ0n) is 40.6. The molecule has 0 radical (unpaired) electrons. The Kier molecular flexibility index (Phi) is 8.89. The molecule has 1 aliphatic carbocycles. The lowest BCUT2D eigenvalue weighted by atomic mass is 9.67. The van der Waals surface area contributed by atoms with E-state index in [-0.39, 0.29) is 0 Å². The van der Waals surface area contributed by atoms with E-state index in [1.807, 2.05) is 6.07 Å². The summed E-state index contributed by atoms with van der Waals surface area (Å²) in [6.07, 6.45) is 0. The van der Waals surface area contributed by atoms with Crippen molar-refractivity contribution >= 4 is 75.9 Å². The molecule has 0 saturated heterocycles. The summed E-state index contributed by atoms with van der Waals surface area (Å²) in [4.78, 5) is 16.5. The third-order valence-corrected chi connectivity index (χ3v) is 16.0. The predicted octanol–water partition coefficient (Wildman–Crippen LogP) is 17.2. The van der Waals surface area contributed by atoms with Gasteiger partial charge in [-0.1, -0.05) is 224 Å². The zero-order chi connectivity index (χ0) is 49.2. The van der Waals surface area contributed by atoms with E-state index in [0.717, 1.165) is 60.4 Å². The van der Waals surface area contributed by atoms with Gasteiger partial charge in [-0.2, -0.15) is 9.97 Å². The molecule has 75 heavy (non-hydrogen) atoms. The fourth-order valence-electron chi connectivity index (χ4n) is 12.9. The van der Waals surface area contributed by atoms with Crippen LogP contribution in [0.3, 0.4) is 0 Å². The van der Waals surface area contributed by atoms with Crippen molar-refractivity contribution in [2.45, 2.75) is 5.41 Å². The Labute approximate surface area is 431 Å². The Morgan fingerprint density at radius 2 is 0.800 bits per heavy atom. The maximum Gasteiger partial charge on any atom is 0.238 e. The summed E-state index contributed by atoms with van der Waals surface area (Å²) in [5, 5.41) is 12.1. The van der Waals surface area contributed by atoms with Gasteiger partial charge >= 0.3 is 0 Å². The number of hydrogen-bond acceptors (Lipinski definition) is 3. The van der Waals surface area contributed by atoms with Gasteiger partial charge in [0.25, 0.3) is 0 Å². The van der Waals surface area contributed by atoms with Crippen LogP contribution in [0, 0.1) is 0 Å². The monoisotopic (exact) mass is 953 g/mol. The van der Waals surface area contributed by atoms with Gasteiger partial charge in [-0.05, 0) is 102 Å². The van der Waals surface area contributed by atoms with Gasteiger partial charge in [0, 0.05) is 38.4 Å². The highest BCUT2D eigenvalue weighted by molar-refractivity contribution is 6.28. The smallest absolute Gasteiger partial charge is 0.238 e. The summed E-state index contributed by atoms with van der Waals surface area (Å²) in [7, 11) is 0. The van der Waals surface area contributed by atoms with Crippen molar-refractivity contribution in [1.29, 1.82) is 0 Å². The Morgan fingerprint density at radius 3 is 1.48 bits per heavy atom. The van der Waals surface area contributed by atoms with Crippen LogP contribution in [0.25, 0.3) is 121 Å². The normalized spacial score (nSPS) is 12.9. The number of aromatic nitrogens is 5. The average Bonchev–Trinajstić information content (AvgIpc) is 4.15. The highest BCUT2D eigenvalue weighted by Gasteiger charge is 2.46. The molecule has 0 fully saturated rings. The van der Waals surface area contributed by atoms with Crippen molar-refractivity contribution in [3.8, 4) is 45.5 Å². The molecule has 3 aromatic heterocycles. The lowest BCUT2D eigenvalue weighted by molar-refractivity contribution is 0.768. The SMILES string of the molecule is c1ccc(-c2nc(-c3ccc4c(c3)C(c3ccccc3)(c3ccccc3)c3ccccc3-4)nc(-n3c4ccccc4c4ccc5c(c6ccccc6n5-c5ccc6c7ccccc7c7ccccc7c6c5)c43)n2)cc1. The van der Waals surface area contributed by atoms with Crippen LogP contribution in [0.1, 0.15) is 22.3 Å². The number of nitrogens with zero attached hydrogens (tertiary/aromatic N) is 5. The minimum atomic E-state index is -0.582. The summed E-state index contributed by atoms with van der Waals surface area (Å²) >= 11 is 0. The number of fused-ring (bicyclic) bond motifs is 16. The number of hydrogen-bond donors (Lipinski definition) is 0. The van der Waals surface area contributed by atoms with Crippen molar-refractivity contribution in [3.63, 3.8) is 0 Å². The number of rotatable bonds is 6. The second-order valence-corrected chi connectivity index (χ2v) is 19.8. The van der Waals surface area contributed by atoms with Gasteiger partial charge in [0.05, 0.1) is 27.5 Å². The van der Waals surface area contributed by atoms with Crippen LogP contribution < -0.4 is 0 Å². The van der Waals surface area contributed by atoms with Gasteiger partial charge in [0.1, 0.15) is 0 Å². The number of benzene rings is 12. The van der Waals surface area contributed by atoms with Gasteiger partial charge in [-0.25, -0.2) is 4.98 Å². The van der Waals surface area contributed by atoms with Crippen LogP contribution in [-0.4, -0.2) is 24.1 Å². The second-order valence-electron chi connectivity index (χ2n) is 19.8. The summed E-state index contributed by atoms with van der Waals surface area (Å²) in [5.74, 6) is 1.76. The average molecular weight is 954 g/mol. The largest absolute Gasteiger partial charge is 0.309 e. The van der Waals surface area contributed by atoms with E-state index in [4.69, 9.17) is 15.0 Å². The van der Waals surface area contributed by atoms with Crippen molar-refractivity contribution in [1.82, 2.24) is 24.1 Å². The Morgan fingerprint density at radius 1 is 0.293 bits per heavy atom. The van der Waals surface area contributed by atoms with E-state index >= 15 is 0 Å². The zero-order valence-corrected chi connectivity index (χ0v) is 40.6. The second kappa shape index (κ2) is 16.0. The first-order valence-corrected chi connectivity index (χ1v) is 25.7. The molecule has 0 atom stereocenters. The van der Waals surface area contributed by atoms with Crippen LogP contribution in [0.4, 0.5) is 0 Å². The molecule has 1 aliphatic rings.